The maximum atomic E-state index is 12.4. The lowest BCUT2D eigenvalue weighted by Crippen LogP contribution is -2.32. The summed E-state index contributed by atoms with van der Waals surface area (Å²) < 4.78 is 57.5. The van der Waals surface area contributed by atoms with Gasteiger partial charge in [0.2, 0.25) is 5.89 Å². The fraction of sp³-hybridized carbons (Fsp3) is 0.667. The van der Waals surface area contributed by atoms with Gasteiger partial charge in [-0.15, -0.1) is 0 Å². The number of aryl methyl sites for hydroxylation is 1. The van der Waals surface area contributed by atoms with Gasteiger partial charge in [0.15, 0.2) is 5.82 Å². The highest BCUT2D eigenvalue weighted by molar-refractivity contribution is 4.87. The molecular weight excluding hydrogens is 258 g/mol. The van der Waals surface area contributed by atoms with Gasteiger partial charge < -0.3 is 9.26 Å². The quantitative estimate of drug-likeness (QED) is 0.706. The molecule has 0 fully saturated rings. The van der Waals surface area contributed by atoms with Crippen molar-refractivity contribution in [1.29, 1.82) is 5.26 Å². The monoisotopic (exact) mass is 267 g/mol. The van der Waals surface area contributed by atoms with Gasteiger partial charge in [-0.3, -0.25) is 0 Å². The topological polar surface area (TPSA) is 71.9 Å². The van der Waals surface area contributed by atoms with Crippen LogP contribution in [0.1, 0.15) is 18.1 Å². The van der Waals surface area contributed by atoms with Crippen molar-refractivity contribution in [1.82, 2.24) is 10.1 Å². The second-order valence-corrected chi connectivity index (χ2v) is 3.32. The molecule has 0 aliphatic rings. The zero-order chi connectivity index (χ0) is 13.6. The molecule has 100 valence electrons. The van der Waals surface area contributed by atoms with Crippen molar-refractivity contribution in [3.63, 3.8) is 0 Å². The number of hydrogen-bond donors (Lipinski definition) is 0. The molecule has 0 amide bonds. The maximum absolute atomic E-state index is 12.4. The molecule has 0 spiro atoms. The van der Waals surface area contributed by atoms with E-state index in [4.69, 9.17) is 5.26 Å². The normalized spacial score (nSPS) is 11.8. The Hall–Kier alpha value is -1.69. The van der Waals surface area contributed by atoms with E-state index < -0.39 is 25.6 Å². The number of alkyl halides is 4. The van der Waals surface area contributed by atoms with Crippen molar-refractivity contribution in [3.05, 3.63) is 11.7 Å². The molecule has 1 aromatic heterocycles. The molecule has 0 aliphatic carbocycles. The van der Waals surface area contributed by atoms with E-state index in [0.717, 1.165) is 0 Å². The average molecular weight is 267 g/mol. The van der Waals surface area contributed by atoms with Crippen molar-refractivity contribution >= 4 is 0 Å². The first-order valence-corrected chi connectivity index (χ1v) is 4.88. The smallest absolute Gasteiger partial charge is 0.330 e. The lowest BCUT2D eigenvalue weighted by atomic mass is 10.3. The minimum Gasteiger partial charge on any atom is -0.367 e. The van der Waals surface area contributed by atoms with Crippen LogP contribution >= 0.6 is 0 Å². The lowest BCUT2D eigenvalue weighted by molar-refractivity contribution is -0.168. The third kappa shape index (κ3) is 4.29. The number of ether oxygens (including phenoxy) is 1. The average Bonchev–Trinajstić information content (AvgIpc) is 2.74. The summed E-state index contributed by atoms with van der Waals surface area (Å²) in [7, 11) is 0. The van der Waals surface area contributed by atoms with Crippen molar-refractivity contribution in [2.75, 3.05) is 6.61 Å². The minimum atomic E-state index is -4.20. The number of nitriles is 1. The number of nitrogens with zero attached hydrogens (tertiary/aromatic N) is 3. The summed E-state index contributed by atoms with van der Waals surface area (Å²) in [6.45, 7) is -1.88. The summed E-state index contributed by atoms with van der Waals surface area (Å²) >= 11 is 0. The van der Waals surface area contributed by atoms with Crippen LogP contribution in [0.5, 0.6) is 0 Å². The van der Waals surface area contributed by atoms with E-state index in [9.17, 15) is 17.6 Å². The second-order valence-electron chi connectivity index (χ2n) is 3.32. The van der Waals surface area contributed by atoms with E-state index >= 15 is 0 Å². The summed E-state index contributed by atoms with van der Waals surface area (Å²) in [5, 5.41) is 11.7. The molecule has 18 heavy (non-hydrogen) atoms. The summed E-state index contributed by atoms with van der Waals surface area (Å²) in [6.07, 6.45) is -3.38. The van der Waals surface area contributed by atoms with E-state index in [1.54, 1.807) is 0 Å². The van der Waals surface area contributed by atoms with E-state index in [1.807, 2.05) is 6.07 Å². The Morgan fingerprint density at radius 3 is 2.78 bits per heavy atom. The van der Waals surface area contributed by atoms with E-state index in [-0.39, 0.29) is 24.6 Å². The molecule has 1 rings (SSSR count). The first-order chi connectivity index (χ1) is 8.45. The third-order valence-electron chi connectivity index (χ3n) is 1.81. The zero-order valence-corrected chi connectivity index (χ0v) is 9.08. The van der Waals surface area contributed by atoms with Crippen molar-refractivity contribution in [3.8, 4) is 6.07 Å². The fourth-order valence-electron chi connectivity index (χ4n) is 0.955. The van der Waals surface area contributed by atoms with Gasteiger partial charge in [0, 0.05) is 12.8 Å². The Morgan fingerprint density at radius 2 is 2.17 bits per heavy atom. The molecule has 0 unspecified atom stereocenters. The highest BCUT2D eigenvalue weighted by Gasteiger charge is 2.41. The molecule has 1 heterocycles. The predicted molar refractivity (Wildman–Crippen MR) is 48.8 cm³/mol. The van der Waals surface area contributed by atoms with E-state index in [1.165, 1.54) is 0 Å². The first kappa shape index (κ1) is 14.4. The van der Waals surface area contributed by atoms with Crippen LogP contribution in [-0.2, 0) is 17.8 Å². The van der Waals surface area contributed by atoms with E-state index in [2.05, 4.69) is 19.4 Å². The lowest BCUT2D eigenvalue weighted by Gasteiger charge is -2.14. The maximum Gasteiger partial charge on any atom is 0.330 e. The molecule has 0 saturated carbocycles. The second kappa shape index (κ2) is 6.30. The van der Waals surface area contributed by atoms with Crippen LogP contribution in [0.3, 0.4) is 0 Å². The van der Waals surface area contributed by atoms with Crippen LogP contribution in [0, 0.1) is 11.3 Å². The van der Waals surface area contributed by atoms with Gasteiger partial charge in [0.05, 0.1) is 6.07 Å². The first-order valence-electron chi connectivity index (χ1n) is 4.88. The fourth-order valence-corrected chi connectivity index (χ4v) is 0.955. The summed E-state index contributed by atoms with van der Waals surface area (Å²) in [6, 6.07) is 1.86. The minimum absolute atomic E-state index is 0.0343. The summed E-state index contributed by atoms with van der Waals surface area (Å²) in [5.41, 5.74) is 0. The number of hydrogen-bond acceptors (Lipinski definition) is 5. The zero-order valence-electron chi connectivity index (χ0n) is 9.08. The van der Waals surface area contributed by atoms with Crippen LogP contribution in [-0.4, -0.2) is 29.1 Å². The summed E-state index contributed by atoms with van der Waals surface area (Å²) in [4.78, 5) is 3.73. The Balaban J connectivity index is 2.36. The molecular formula is C9H9F4N3O2. The third-order valence-corrected chi connectivity index (χ3v) is 1.81. The van der Waals surface area contributed by atoms with Crippen LogP contribution < -0.4 is 0 Å². The SMILES string of the molecule is N#CCCc1nc(COCC(F)(F)C(F)F)no1. The molecule has 0 aromatic carbocycles. The Bertz CT molecular complexity index is 416. The molecule has 0 bridgehead atoms. The largest absolute Gasteiger partial charge is 0.367 e. The number of aromatic nitrogens is 2. The number of halogens is 4. The molecule has 5 nitrogen and oxygen atoms in total. The van der Waals surface area contributed by atoms with Gasteiger partial charge in [-0.25, -0.2) is 8.78 Å². The van der Waals surface area contributed by atoms with Crippen molar-refractivity contribution in [2.45, 2.75) is 31.8 Å². The molecule has 0 aliphatic heterocycles. The summed E-state index contributed by atoms with van der Waals surface area (Å²) in [5.74, 6) is -4.07. The van der Waals surface area contributed by atoms with Gasteiger partial charge in [0.1, 0.15) is 13.2 Å². The molecule has 0 saturated heterocycles. The van der Waals surface area contributed by atoms with Crippen LogP contribution in [0.2, 0.25) is 0 Å². The molecule has 0 radical (unpaired) electrons. The van der Waals surface area contributed by atoms with E-state index in [0.29, 0.717) is 0 Å². The van der Waals surface area contributed by atoms with Crippen LogP contribution in [0.4, 0.5) is 17.6 Å². The van der Waals surface area contributed by atoms with Gasteiger partial charge in [-0.2, -0.15) is 19.0 Å². The van der Waals surface area contributed by atoms with Gasteiger partial charge in [0.25, 0.3) is 0 Å². The van der Waals surface area contributed by atoms with Crippen molar-refractivity contribution < 1.29 is 26.8 Å². The van der Waals surface area contributed by atoms with Gasteiger partial charge in [-0.05, 0) is 0 Å². The number of rotatable bonds is 7. The standard InChI is InChI=1S/C9H9F4N3O2/c10-8(11)9(12,13)5-17-4-6-15-7(18-16-6)2-1-3-14/h8H,1-2,4-5H2. The predicted octanol–water partition coefficient (Wildman–Crippen LogP) is 1.94. The van der Waals surface area contributed by atoms with Crippen molar-refractivity contribution in [2.24, 2.45) is 0 Å². The van der Waals surface area contributed by atoms with Crippen LogP contribution in [0.25, 0.3) is 0 Å². The Morgan fingerprint density at radius 1 is 1.44 bits per heavy atom. The molecule has 9 heteroatoms. The van der Waals surface area contributed by atoms with Gasteiger partial charge in [-0.1, -0.05) is 5.16 Å². The highest BCUT2D eigenvalue weighted by Crippen LogP contribution is 2.23. The Kier molecular flexibility index (Phi) is 5.03. The molecule has 0 atom stereocenters. The van der Waals surface area contributed by atoms with Crippen LogP contribution in [0.15, 0.2) is 4.52 Å². The molecule has 0 N–H and O–H groups in total. The highest BCUT2D eigenvalue weighted by atomic mass is 19.3. The molecule has 1 aromatic rings. The van der Waals surface area contributed by atoms with Gasteiger partial charge >= 0.3 is 12.3 Å². The Labute approximate surface area is 99.3 Å².